The van der Waals surface area contributed by atoms with Crippen LogP contribution in [0, 0.1) is 5.92 Å². The van der Waals surface area contributed by atoms with Crippen molar-refractivity contribution in [2.24, 2.45) is 5.92 Å². The van der Waals surface area contributed by atoms with Gasteiger partial charge in [-0.1, -0.05) is 48.6 Å². The van der Waals surface area contributed by atoms with E-state index in [1.807, 2.05) is 12.1 Å². The number of allylic oxidation sites excluding steroid dienone is 4. The van der Waals surface area contributed by atoms with Crippen molar-refractivity contribution in [3.63, 3.8) is 0 Å². The zero-order valence-electron chi connectivity index (χ0n) is 9.10. The van der Waals surface area contributed by atoms with Crippen molar-refractivity contribution in [3.8, 4) is 0 Å². The SMILES string of the molecule is CC(=O)C1=C[C@@H]2C=c3ccccc3=C2C=C1. The highest BCUT2D eigenvalue weighted by Gasteiger charge is 2.18. The summed E-state index contributed by atoms with van der Waals surface area (Å²) in [7, 11) is 0. The van der Waals surface area contributed by atoms with Gasteiger partial charge in [0.25, 0.3) is 0 Å². The maximum Gasteiger partial charge on any atom is 0.159 e. The Morgan fingerprint density at radius 2 is 1.94 bits per heavy atom. The Morgan fingerprint density at radius 1 is 1.12 bits per heavy atom. The molecule has 1 heteroatoms. The molecule has 0 radical (unpaired) electrons. The third-order valence-electron chi connectivity index (χ3n) is 3.20. The fraction of sp³-hybridized carbons (Fsp3) is 0.133. The maximum atomic E-state index is 11.3. The number of carbonyl (C=O) groups is 1. The summed E-state index contributed by atoms with van der Waals surface area (Å²) < 4.78 is 0. The molecule has 0 aliphatic heterocycles. The standard InChI is InChI=1S/C15H12O/c1-10(16)11-6-7-15-13(8-11)9-12-4-2-3-5-14(12)15/h2-9,13H,1H3/t13-/m1/s1. The quantitative estimate of drug-likeness (QED) is 0.680. The lowest BCUT2D eigenvalue weighted by atomic mass is 9.91. The van der Waals surface area contributed by atoms with Crippen LogP contribution in [0.25, 0.3) is 11.6 Å². The Morgan fingerprint density at radius 3 is 2.75 bits per heavy atom. The number of benzene rings is 1. The predicted octanol–water partition coefficient (Wildman–Crippen LogP) is 1.33. The molecule has 0 heterocycles. The Labute approximate surface area is 94.1 Å². The van der Waals surface area contributed by atoms with Crippen LogP contribution >= 0.6 is 0 Å². The van der Waals surface area contributed by atoms with Crippen molar-refractivity contribution >= 4 is 17.4 Å². The van der Waals surface area contributed by atoms with Gasteiger partial charge in [-0.2, -0.15) is 0 Å². The van der Waals surface area contributed by atoms with Gasteiger partial charge in [-0.25, -0.2) is 0 Å². The largest absolute Gasteiger partial charge is 0.295 e. The molecule has 0 N–H and O–H groups in total. The number of rotatable bonds is 1. The lowest BCUT2D eigenvalue weighted by molar-refractivity contribution is -0.113. The average molecular weight is 208 g/mol. The monoisotopic (exact) mass is 208 g/mol. The number of carbonyl (C=O) groups excluding carboxylic acids is 1. The van der Waals surface area contributed by atoms with Crippen LogP contribution in [0.5, 0.6) is 0 Å². The zero-order chi connectivity index (χ0) is 11.1. The minimum absolute atomic E-state index is 0.139. The van der Waals surface area contributed by atoms with E-state index in [-0.39, 0.29) is 11.7 Å². The molecule has 2 aliphatic carbocycles. The van der Waals surface area contributed by atoms with Crippen molar-refractivity contribution in [1.82, 2.24) is 0 Å². The van der Waals surface area contributed by atoms with Crippen LogP contribution in [-0.4, -0.2) is 5.78 Å². The lowest BCUT2D eigenvalue weighted by Gasteiger charge is -2.12. The molecule has 2 aliphatic rings. The van der Waals surface area contributed by atoms with Gasteiger partial charge in [0.05, 0.1) is 0 Å². The van der Waals surface area contributed by atoms with Crippen LogP contribution in [0.1, 0.15) is 6.92 Å². The second-order valence-corrected chi connectivity index (χ2v) is 4.25. The summed E-state index contributed by atoms with van der Waals surface area (Å²) in [6, 6.07) is 8.36. The van der Waals surface area contributed by atoms with Crippen LogP contribution in [0.4, 0.5) is 0 Å². The van der Waals surface area contributed by atoms with Crippen LogP contribution in [0.2, 0.25) is 0 Å². The second-order valence-electron chi connectivity index (χ2n) is 4.25. The molecule has 3 rings (SSSR count). The molecular formula is C15H12O. The first-order chi connectivity index (χ1) is 7.75. The van der Waals surface area contributed by atoms with Gasteiger partial charge in [-0.05, 0) is 22.9 Å². The molecule has 0 saturated heterocycles. The van der Waals surface area contributed by atoms with Crippen LogP contribution in [-0.2, 0) is 4.79 Å². The van der Waals surface area contributed by atoms with Gasteiger partial charge >= 0.3 is 0 Å². The number of ketones is 1. The van der Waals surface area contributed by atoms with Crippen molar-refractivity contribution in [2.45, 2.75) is 6.92 Å². The molecule has 0 unspecified atom stereocenters. The van der Waals surface area contributed by atoms with E-state index < -0.39 is 0 Å². The minimum Gasteiger partial charge on any atom is -0.295 e. The predicted molar refractivity (Wildman–Crippen MR) is 65.0 cm³/mol. The number of fused-ring (bicyclic) bond motifs is 2. The van der Waals surface area contributed by atoms with Gasteiger partial charge in [0.15, 0.2) is 5.78 Å². The van der Waals surface area contributed by atoms with Crippen LogP contribution in [0.3, 0.4) is 0 Å². The maximum absolute atomic E-state index is 11.3. The van der Waals surface area contributed by atoms with E-state index in [9.17, 15) is 4.79 Å². The molecule has 1 atom stereocenters. The van der Waals surface area contributed by atoms with Gasteiger partial charge in [0, 0.05) is 11.5 Å². The molecule has 0 aromatic heterocycles. The van der Waals surface area contributed by atoms with Crippen LogP contribution < -0.4 is 10.4 Å². The Kier molecular flexibility index (Phi) is 1.93. The summed E-state index contributed by atoms with van der Waals surface area (Å²) in [5.74, 6) is 0.418. The number of hydrogen-bond donors (Lipinski definition) is 0. The number of hydrogen-bond acceptors (Lipinski definition) is 1. The Bertz CT molecular complexity index is 644. The average Bonchev–Trinajstić information content (AvgIpc) is 2.66. The van der Waals surface area contributed by atoms with E-state index in [0.29, 0.717) is 0 Å². The Hall–Kier alpha value is -1.89. The fourth-order valence-corrected chi connectivity index (χ4v) is 2.37. The highest BCUT2D eigenvalue weighted by atomic mass is 16.1. The van der Waals surface area contributed by atoms with Crippen LogP contribution in [0.15, 0.2) is 48.1 Å². The van der Waals surface area contributed by atoms with Gasteiger partial charge in [-0.15, -0.1) is 0 Å². The molecule has 0 fully saturated rings. The topological polar surface area (TPSA) is 17.1 Å². The summed E-state index contributed by atoms with van der Waals surface area (Å²) in [6.45, 7) is 1.61. The highest BCUT2D eigenvalue weighted by molar-refractivity contribution is 5.98. The fourth-order valence-electron chi connectivity index (χ4n) is 2.37. The molecule has 0 amide bonds. The molecule has 78 valence electrons. The summed E-state index contributed by atoms with van der Waals surface area (Å²) >= 11 is 0. The number of Topliss-reactive ketones (excluding diaryl/α,β-unsaturated/α-hetero) is 1. The van der Waals surface area contributed by atoms with Crippen molar-refractivity contribution < 1.29 is 4.79 Å². The smallest absolute Gasteiger partial charge is 0.159 e. The minimum atomic E-state index is 0.139. The molecule has 0 spiro atoms. The van der Waals surface area contributed by atoms with Gasteiger partial charge in [0.2, 0.25) is 0 Å². The van der Waals surface area contributed by atoms with Crippen molar-refractivity contribution in [2.75, 3.05) is 0 Å². The summed E-state index contributed by atoms with van der Waals surface area (Å²) in [6.07, 6.45) is 8.27. The summed E-state index contributed by atoms with van der Waals surface area (Å²) in [4.78, 5) is 11.3. The third kappa shape index (κ3) is 1.28. The van der Waals surface area contributed by atoms with Crippen molar-refractivity contribution in [3.05, 3.63) is 58.5 Å². The first-order valence-electron chi connectivity index (χ1n) is 5.47. The van der Waals surface area contributed by atoms with E-state index in [4.69, 9.17) is 0 Å². The van der Waals surface area contributed by atoms with E-state index in [1.54, 1.807) is 6.92 Å². The van der Waals surface area contributed by atoms with Gasteiger partial charge in [0.1, 0.15) is 0 Å². The second kappa shape index (κ2) is 3.31. The molecule has 1 nitrogen and oxygen atoms in total. The highest BCUT2D eigenvalue weighted by Crippen LogP contribution is 2.25. The zero-order valence-corrected chi connectivity index (χ0v) is 9.10. The molecule has 1 aromatic rings. The first kappa shape index (κ1) is 9.34. The molecule has 0 saturated carbocycles. The van der Waals surface area contributed by atoms with E-state index in [0.717, 1.165) is 5.57 Å². The molecule has 0 bridgehead atoms. The molecule has 1 aromatic carbocycles. The van der Waals surface area contributed by atoms with Crippen molar-refractivity contribution in [1.29, 1.82) is 0 Å². The van der Waals surface area contributed by atoms with E-state index >= 15 is 0 Å². The molecule has 16 heavy (non-hydrogen) atoms. The van der Waals surface area contributed by atoms with E-state index in [1.165, 1.54) is 16.0 Å². The van der Waals surface area contributed by atoms with E-state index in [2.05, 4.69) is 36.4 Å². The summed E-state index contributed by atoms with van der Waals surface area (Å²) in [5.41, 5.74) is 2.12. The van der Waals surface area contributed by atoms with Gasteiger partial charge < -0.3 is 0 Å². The molecular weight excluding hydrogens is 196 g/mol. The normalized spacial score (nSPS) is 20.9. The Balaban J connectivity index is 2.22. The van der Waals surface area contributed by atoms with Gasteiger partial charge in [-0.3, -0.25) is 4.79 Å². The summed E-state index contributed by atoms with van der Waals surface area (Å²) in [5, 5.41) is 2.57. The third-order valence-corrected chi connectivity index (χ3v) is 3.20. The lowest BCUT2D eigenvalue weighted by Crippen LogP contribution is -2.21. The first-order valence-corrected chi connectivity index (χ1v) is 5.47.